The van der Waals surface area contributed by atoms with Gasteiger partial charge in [0.15, 0.2) is 0 Å². The van der Waals surface area contributed by atoms with Gasteiger partial charge in [0.25, 0.3) is 5.91 Å². The summed E-state index contributed by atoms with van der Waals surface area (Å²) in [6.07, 6.45) is 0. The summed E-state index contributed by atoms with van der Waals surface area (Å²) in [5, 5.41) is 0. The lowest BCUT2D eigenvalue weighted by Gasteiger charge is -2.16. The van der Waals surface area contributed by atoms with E-state index in [9.17, 15) is 9.28 Å². The summed E-state index contributed by atoms with van der Waals surface area (Å²) in [6, 6.07) is 0. The summed E-state index contributed by atoms with van der Waals surface area (Å²) in [5.74, 6) is -1.44. The lowest BCUT2D eigenvalue weighted by atomic mass is 10.9. The minimum absolute atomic E-state index is 0.262. The minimum Gasteiger partial charge on any atom is -0.194 e. The van der Waals surface area contributed by atoms with Gasteiger partial charge in [-0.25, -0.2) is 0 Å². The van der Waals surface area contributed by atoms with Crippen LogP contribution in [-0.2, 0) is 9.05 Å². The fraction of sp³-hybridized carbons (Fsp3) is 1.00. The average molecular weight is 185 g/mol. The van der Waals surface area contributed by atoms with Gasteiger partial charge in [-0.15, -0.1) is 0 Å². The first-order valence-electron chi connectivity index (χ1n) is 3.61. The second-order valence-electron chi connectivity index (χ2n) is 1.97. The summed E-state index contributed by atoms with van der Waals surface area (Å²) in [5.41, 5.74) is 0. The van der Waals surface area contributed by atoms with E-state index in [1.165, 1.54) is 6.92 Å². The Morgan fingerprint density at radius 1 is 1.36 bits per heavy atom. The number of hydrogen-bond donors (Lipinski definition) is 1. The molecule has 0 aliphatic carbocycles. The Bertz CT molecular complexity index is 104. The maximum absolute atomic E-state index is 12.7. The fourth-order valence-corrected chi connectivity index (χ4v) is 1.84. The summed E-state index contributed by atoms with van der Waals surface area (Å²) in [7, 11) is -3.21. The van der Waals surface area contributed by atoms with E-state index in [4.69, 9.17) is 9.05 Å². The van der Waals surface area contributed by atoms with Crippen molar-refractivity contribution in [2.45, 2.75) is 26.7 Å². The van der Waals surface area contributed by atoms with E-state index >= 15 is 0 Å². The maximum atomic E-state index is 12.7. The van der Waals surface area contributed by atoms with Gasteiger partial charge in [-0.2, -0.15) is 18.3 Å². The molecule has 11 heavy (non-hydrogen) atoms. The molecule has 0 spiro atoms. The average Bonchev–Trinajstić information content (AvgIpc) is 1.88. The van der Waals surface area contributed by atoms with Gasteiger partial charge in [-0.1, -0.05) is 0 Å². The van der Waals surface area contributed by atoms with Crippen LogP contribution in [0.15, 0.2) is 0 Å². The highest BCUT2D eigenvalue weighted by atomic mass is 31.2. The highest BCUT2D eigenvalue weighted by molar-refractivity contribution is 7.61. The molecule has 0 bridgehead atoms. The molecule has 0 aliphatic rings. The van der Waals surface area contributed by atoms with Crippen LogP contribution in [0.5, 0.6) is 0 Å². The number of rotatable bonds is 5. The van der Waals surface area contributed by atoms with Crippen molar-refractivity contribution in [2.24, 2.45) is 0 Å². The van der Waals surface area contributed by atoms with Crippen LogP contribution in [0, 0.1) is 0 Å². The van der Waals surface area contributed by atoms with Gasteiger partial charge < -0.3 is 0 Å². The topological polar surface area (TPSA) is 38.7 Å². The van der Waals surface area contributed by atoms with Gasteiger partial charge in [0.2, 0.25) is 0 Å². The molecular formula is C6H15FO3P+. The molecule has 0 aromatic carbocycles. The molecule has 0 fully saturated rings. The van der Waals surface area contributed by atoms with Crippen molar-refractivity contribution in [2.75, 3.05) is 13.2 Å². The van der Waals surface area contributed by atoms with E-state index < -0.39 is 13.9 Å². The molecule has 0 amide bonds. The van der Waals surface area contributed by atoms with Crippen molar-refractivity contribution in [1.29, 1.82) is 0 Å². The monoisotopic (exact) mass is 185 g/mol. The fourth-order valence-electron chi connectivity index (χ4n) is 0.613. The highest BCUT2D eigenvalue weighted by Crippen LogP contribution is 2.61. The Kier molecular flexibility index (Phi) is 5.10. The van der Waals surface area contributed by atoms with Crippen molar-refractivity contribution >= 4 is 7.94 Å². The molecule has 0 heterocycles. The second-order valence-corrected chi connectivity index (χ2v) is 4.33. The van der Waals surface area contributed by atoms with Crippen molar-refractivity contribution < 1.29 is 18.3 Å². The van der Waals surface area contributed by atoms with Crippen LogP contribution in [0.1, 0.15) is 20.8 Å². The molecule has 0 aromatic heterocycles. The lowest BCUT2D eigenvalue weighted by Crippen LogP contribution is -2.11. The molecular weight excluding hydrogens is 170 g/mol. The third-order valence-electron chi connectivity index (χ3n) is 1.08. The molecule has 1 N–H and O–H groups in total. The smallest absolute Gasteiger partial charge is 0.194 e. The van der Waals surface area contributed by atoms with Gasteiger partial charge in [0.1, 0.15) is 0 Å². The second kappa shape index (κ2) is 4.99. The Balaban J connectivity index is 4.01. The van der Waals surface area contributed by atoms with Gasteiger partial charge >= 0.3 is 7.94 Å². The van der Waals surface area contributed by atoms with E-state index in [2.05, 4.69) is 0 Å². The summed E-state index contributed by atoms with van der Waals surface area (Å²) >= 11 is 0. The largest absolute Gasteiger partial charge is 0.444 e. The van der Waals surface area contributed by atoms with Crippen molar-refractivity contribution in [3.8, 4) is 0 Å². The van der Waals surface area contributed by atoms with Gasteiger partial charge in [0.05, 0.1) is 13.2 Å². The first kappa shape index (κ1) is 11.2. The van der Waals surface area contributed by atoms with E-state index in [1.807, 2.05) is 0 Å². The molecule has 0 aliphatic heterocycles. The Hall–Kier alpha value is 0.240. The molecule has 0 radical (unpaired) electrons. The van der Waals surface area contributed by atoms with Crippen LogP contribution in [-0.4, -0.2) is 24.0 Å². The number of hydrogen-bond acceptors (Lipinski definition) is 3. The molecule has 0 saturated carbocycles. The van der Waals surface area contributed by atoms with Gasteiger partial charge in [-0.05, 0) is 13.8 Å². The molecule has 1 unspecified atom stereocenters. The molecule has 0 rings (SSSR count). The van der Waals surface area contributed by atoms with Crippen molar-refractivity contribution in [3.63, 3.8) is 0 Å². The van der Waals surface area contributed by atoms with Gasteiger partial charge in [0, 0.05) is 6.92 Å². The molecule has 5 heteroatoms. The van der Waals surface area contributed by atoms with Crippen LogP contribution in [0.3, 0.4) is 0 Å². The van der Waals surface area contributed by atoms with Crippen LogP contribution >= 0.6 is 7.94 Å². The predicted octanol–water partition coefficient (Wildman–Crippen LogP) is 2.13. The Morgan fingerprint density at radius 3 is 1.91 bits per heavy atom. The Morgan fingerprint density at radius 2 is 1.73 bits per heavy atom. The maximum Gasteiger partial charge on any atom is 0.444 e. The van der Waals surface area contributed by atoms with Crippen LogP contribution in [0.4, 0.5) is 4.39 Å². The van der Waals surface area contributed by atoms with Gasteiger partial charge in [-0.3, -0.25) is 0 Å². The molecule has 3 nitrogen and oxygen atoms in total. The SMILES string of the molecule is CCO[P+](O)(OCC)C(C)F. The molecule has 0 saturated heterocycles. The van der Waals surface area contributed by atoms with E-state index in [1.54, 1.807) is 13.8 Å². The first-order chi connectivity index (χ1) is 5.06. The summed E-state index contributed by atoms with van der Waals surface area (Å²) < 4.78 is 22.3. The van der Waals surface area contributed by atoms with E-state index in [-0.39, 0.29) is 13.2 Å². The number of halogens is 1. The normalized spacial score (nSPS) is 15.0. The minimum atomic E-state index is -3.21. The highest BCUT2D eigenvalue weighted by Gasteiger charge is 2.47. The quantitative estimate of drug-likeness (QED) is 0.667. The van der Waals surface area contributed by atoms with E-state index in [0.717, 1.165) is 0 Å². The zero-order valence-corrected chi connectivity index (χ0v) is 7.97. The van der Waals surface area contributed by atoms with E-state index in [0.29, 0.717) is 0 Å². The molecule has 1 atom stereocenters. The van der Waals surface area contributed by atoms with Crippen LogP contribution in [0.25, 0.3) is 0 Å². The standard InChI is InChI=1S/C6H15FO3P/c1-4-9-11(8,6(3)7)10-5-2/h6,8H,4-5H2,1-3H3/q+1. The van der Waals surface area contributed by atoms with Crippen LogP contribution < -0.4 is 0 Å². The third-order valence-corrected chi connectivity index (χ3v) is 3.23. The summed E-state index contributed by atoms with van der Waals surface area (Å²) in [6.45, 7) is 5.13. The molecule has 0 aromatic rings. The predicted molar refractivity (Wildman–Crippen MR) is 43.0 cm³/mol. The van der Waals surface area contributed by atoms with Crippen LogP contribution in [0.2, 0.25) is 0 Å². The zero-order chi connectivity index (χ0) is 8.91. The van der Waals surface area contributed by atoms with Crippen molar-refractivity contribution in [3.05, 3.63) is 0 Å². The first-order valence-corrected chi connectivity index (χ1v) is 5.26. The lowest BCUT2D eigenvalue weighted by molar-refractivity contribution is 0.162. The zero-order valence-electron chi connectivity index (χ0n) is 7.08. The third kappa shape index (κ3) is 3.43. The summed E-state index contributed by atoms with van der Waals surface area (Å²) in [4.78, 5) is 9.38. The number of alkyl halides is 1. The van der Waals surface area contributed by atoms with Crippen molar-refractivity contribution in [1.82, 2.24) is 0 Å². The Labute approximate surface area is 67.1 Å². The molecule has 68 valence electrons.